The summed E-state index contributed by atoms with van der Waals surface area (Å²) in [6, 6.07) is 5.13. The highest BCUT2D eigenvalue weighted by Gasteiger charge is 2.25. The van der Waals surface area contributed by atoms with Crippen LogP contribution in [0.4, 0.5) is 5.82 Å². The first kappa shape index (κ1) is 18.8. The minimum absolute atomic E-state index is 0.0488. The van der Waals surface area contributed by atoms with Crippen molar-refractivity contribution in [2.45, 2.75) is 32.2 Å². The zero-order valence-electron chi connectivity index (χ0n) is 16.1. The Morgan fingerprint density at radius 2 is 2.10 bits per heavy atom. The number of aromatic nitrogens is 6. The lowest BCUT2D eigenvalue weighted by molar-refractivity contribution is -0.121. The Balaban J connectivity index is 1.26. The molecule has 2 N–H and O–H groups in total. The first-order chi connectivity index (χ1) is 14.1. The SMILES string of the molecule is Cc1nc(NCCNC(=O)Cn2cnc(C3CC3)cc2=O)cc(-n2cccn2)n1. The summed E-state index contributed by atoms with van der Waals surface area (Å²) >= 11 is 0. The molecule has 1 fully saturated rings. The highest BCUT2D eigenvalue weighted by Crippen LogP contribution is 2.38. The van der Waals surface area contributed by atoms with E-state index in [-0.39, 0.29) is 18.0 Å². The average molecular weight is 394 g/mol. The van der Waals surface area contributed by atoms with E-state index in [0.717, 1.165) is 18.5 Å². The van der Waals surface area contributed by atoms with Crippen molar-refractivity contribution >= 4 is 11.7 Å². The van der Waals surface area contributed by atoms with Gasteiger partial charge in [0, 0.05) is 43.5 Å². The third-order valence-electron chi connectivity index (χ3n) is 4.53. The van der Waals surface area contributed by atoms with Crippen molar-refractivity contribution in [1.82, 2.24) is 34.6 Å². The summed E-state index contributed by atoms with van der Waals surface area (Å²) in [6.07, 6.45) is 7.10. The minimum Gasteiger partial charge on any atom is -0.368 e. The molecule has 0 saturated heterocycles. The third kappa shape index (κ3) is 4.84. The summed E-state index contributed by atoms with van der Waals surface area (Å²) in [6.45, 7) is 2.63. The van der Waals surface area contributed by atoms with Gasteiger partial charge in [-0.15, -0.1) is 0 Å². The highest BCUT2D eigenvalue weighted by atomic mass is 16.2. The fourth-order valence-corrected chi connectivity index (χ4v) is 2.93. The van der Waals surface area contributed by atoms with E-state index in [2.05, 4.69) is 30.7 Å². The fraction of sp³-hybridized carbons (Fsp3) is 0.368. The van der Waals surface area contributed by atoms with Gasteiger partial charge in [-0.2, -0.15) is 5.10 Å². The van der Waals surface area contributed by atoms with E-state index in [9.17, 15) is 9.59 Å². The molecule has 0 atom stereocenters. The van der Waals surface area contributed by atoms with Crippen LogP contribution in [0.5, 0.6) is 0 Å². The topological polar surface area (TPSA) is 120 Å². The predicted molar refractivity (Wildman–Crippen MR) is 106 cm³/mol. The van der Waals surface area contributed by atoms with Gasteiger partial charge in [-0.25, -0.2) is 19.6 Å². The van der Waals surface area contributed by atoms with Crippen molar-refractivity contribution in [3.8, 4) is 5.82 Å². The van der Waals surface area contributed by atoms with Gasteiger partial charge in [-0.05, 0) is 25.8 Å². The second-order valence-corrected chi connectivity index (χ2v) is 6.94. The van der Waals surface area contributed by atoms with Gasteiger partial charge in [-0.3, -0.25) is 14.2 Å². The van der Waals surface area contributed by atoms with E-state index >= 15 is 0 Å². The molecule has 0 bridgehead atoms. The van der Waals surface area contributed by atoms with Gasteiger partial charge in [0.2, 0.25) is 5.91 Å². The molecule has 4 rings (SSSR count). The lowest BCUT2D eigenvalue weighted by atomic mass is 10.3. The van der Waals surface area contributed by atoms with Crippen LogP contribution < -0.4 is 16.2 Å². The van der Waals surface area contributed by atoms with E-state index < -0.39 is 0 Å². The number of hydrogen-bond donors (Lipinski definition) is 2. The quantitative estimate of drug-likeness (QED) is 0.538. The molecule has 0 aromatic carbocycles. The smallest absolute Gasteiger partial charge is 0.254 e. The number of nitrogens with one attached hydrogen (secondary N) is 2. The molecule has 0 unspecified atom stereocenters. The molecule has 1 saturated carbocycles. The lowest BCUT2D eigenvalue weighted by Gasteiger charge is -2.10. The molecule has 3 aromatic rings. The molecule has 1 amide bonds. The molecule has 1 aliphatic rings. The van der Waals surface area contributed by atoms with Crippen molar-refractivity contribution in [3.05, 3.63) is 58.8 Å². The van der Waals surface area contributed by atoms with Crippen LogP contribution in [-0.4, -0.2) is 48.3 Å². The van der Waals surface area contributed by atoms with E-state index in [1.807, 2.05) is 6.07 Å². The number of nitrogens with zero attached hydrogens (tertiary/aromatic N) is 6. The Kier molecular flexibility index (Phi) is 5.32. The molecular weight excluding hydrogens is 372 g/mol. The summed E-state index contributed by atoms with van der Waals surface area (Å²) in [5, 5.41) is 10.1. The largest absolute Gasteiger partial charge is 0.368 e. The Morgan fingerprint density at radius 1 is 1.24 bits per heavy atom. The number of hydrogen-bond acceptors (Lipinski definition) is 7. The molecule has 3 heterocycles. The zero-order valence-corrected chi connectivity index (χ0v) is 16.1. The van der Waals surface area contributed by atoms with Crippen LogP contribution >= 0.6 is 0 Å². The predicted octanol–water partition coefficient (Wildman–Crippen LogP) is 0.633. The third-order valence-corrected chi connectivity index (χ3v) is 4.53. The molecule has 1 aliphatic carbocycles. The second kappa shape index (κ2) is 8.21. The molecule has 29 heavy (non-hydrogen) atoms. The summed E-state index contributed by atoms with van der Waals surface area (Å²) in [5.74, 6) is 2.09. The first-order valence-electron chi connectivity index (χ1n) is 9.51. The van der Waals surface area contributed by atoms with Gasteiger partial charge in [0.15, 0.2) is 5.82 Å². The van der Waals surface area contributed by atoms with E-state index in [1.54, 1.807) is 30.1 Å². The van der Waals surface area contributed by atoms with Crippen molar-refractivity contribution in [2.75, 3.05) is 18.4 Å². The number of amides is 1. The molecule has 3 aromatic heterocycles. The van der Waals surface area contributed by atoms with E-state index in [1.165, 1.54) is 17.0 Å². The van der Waals surface area contributed by atoms with Crippen LogP contribution in [-0.2, 0) is 11.3 Å². The van der Waals surface area contributed by atoms with E-state index in [0.29, 0.717) is 36.5 Å². The van der Waals surface area contributed by atoms with Gasteiger partial charge in [0.1, 0.15) is 18.2 Å². The Morgan fingerprint density at radius 3 is 2.83 bits per heavy atom. The van der Waals surface area contributed by atoms with Crippen LogP contribution in [0.1, 0.15) is 30.3 Å². The van der Waals surface area contributed by atoms with Crippen molar-refractivity contribution in [3.63, 3.8) is 0 Å². The maximum absolute atomic E-state index is 12.1. The molecule has 0 spiro atoms. The van der Waals surface area contributed by atoms with Crippen LogP contribution in [0.3, 0.4) is 0 Å². The molecule has 0 aliphatic heterocycles. The molecule has 10 heteroatoms. The average Bonchev–Trinajstić information content (AvgIpc) is 3.40. The Labute approximate surface area is 167 Å². The van der Waals surface area contributed by atoms with E-state index in [4.69, 9.17) is 0 Å². The maximum atomic E-state index is 12.1. The van der Waals surface area contributed by atoms with Gasteiger partial charge in [0.05, 0.1) is 12.0 Å². The monoisotopic (exact) mass is 394 g/mol. The van der Waals surface area contributed by atoms with Gasteiger partial charge in [-0.1, -0.05) is 0 Å². The van der Waals surface area contributed by atoms with Crippen LogP contribution in [0.15, 0.2) is 41.7 Å². The van der Waals surface area contributed by atoms with Crippen LogP contribution in [0.25, 0.3) is 5.82 Å². The normalized spacial score (nSPS) is 13.3. The summed E-state index contributed by atoms with van der Waals surface area (Å²) in [5.41, 5.74) is 0.628. The number of anilines is 1. The van der Waals surface area contributed by atoms with Crippen molar-refractivity contribution in [1.29, 1.82) is 0 Å². The zero-order chi connectivity index (χ0) is 20.2. The number of carbonyl (C=O) groups is 1. The Bertz CT molecular complexity index is 1060. The second-order valence-electron chi connectivity index (χ2n) is 6.94. The highest BCUT2D eigenvalue weighted by molar-refractivity contribution is 5.75. The lowest BCUT2D eigenvalue weighted by Crippen LogP contribution is -2.35. The van der Waals surface area contributed by atoms with Crippen molar-refractivity contribution in [2.24, 2.45) is 0 Å². The van der Waals surface area contributed by atoms with Gasteiger partial charge >= 0.3 is 0 Å². The van der Waals surface area contributed by atoms with Crippen LogP contribution in [0, 0.1) is 6.92 Å². The van der Waals surface area contributed by atoms with Gasteiger partial charge in [0.25, 0.3) is 5.56 Å². The Hall–Kier alpha value is -3.56. The standard InChI is InChI=1S/C19H22N8O2/c1-13-24-16(10-17(25-13)27-8-2-5-23-27)20-6-7-21-18(28)11-26-12-22-15(9-19(26)29)14-3-4-14/h2,5,8-10,12,14H,3-4,6-7,11H2,1H3,(H,21,28)(H,20,24,25). The number of carbonyl (C=O) groups excluding carboxylic acids is 1. The molecule has 10 nitrogen and oxygen atoms in total. The maximum Gasteiger partial charge on any atom is 0.254 e. The van der Waals surface area contributed by atoms with Gasteiger partial charge < -0.3 is 10.6 Å². The van der Waals surface area contributed by atoms with Crippen LogP contribution in [0.2, 0.25) is 0 Å². The summed E-state index contributed by atoms with van der Waals surface area (Å²) in [4.78, 5) is 37.2. The fourth-order valence-electron chi connectivity index (χ4n) is 2.93. The summed E-state index contributed by atoms with van der Waals surface area (Å²) < 4.78 is 2.97. The molecular formula is C19H22N8O2. The first-order valence-corrected chi connectivity index (χ1v) is 9.51. The van der Waals surface area contributed by atoms with Crippen molar-refractivity contribution < 1.29 is 4.79 Å². The minimum atomic E-state index is -0.244. The molecule has 150 valence electrons. The number of rotatable bonds is 8. The number of aryl methyl sites for hydroxylation is 1. The molecule has 0 radical (unpaired) electrons. The summed E-state index contributed by atoms with van der Waals surface area (Å²) in [7, 11) is 0.